The summed E-state index contributed by atoms with van der Waals surface area (Å²) in [6.45, 7) is 10.2. The Balaban J connectivity index is 1.10. The molecule has 19 nitrogen and oxygen atoms in total. The summed E-state index contributed by atoms with van der Waals surface area (Å²) in [5.74, 6) is -2.37. The van der Waals surface area contributed by atoms with E-state index in [1.165, 1.54) is 9.80 Å². The lowest BCUT2D eigenvalue weighted by Crippen LogP contribution is -2.67. The number of nitrogens with one attached hydrogen (secondary N) is 5. The van der Waals surface area contributed by atoms with Crippen LogP contribution in [0, 0.1) is 20.8 Å². The van der Waals surface area contributed by atoms with Gasteiger partial charge < -0.3 is 47.3 Å². The predicted molar refractivity (Wildman–Crippen MR) is 277 cm³/mol. The second-order valence-electron chi connectivity index (χ2n) is 21.1. The Morgan fingerprint density at radius 2 is 1.44 bits per heavy atom. The molecular weight excluding hydrogens is 953 g/mol. The molecule has 7 rings (SSSR count). The molecule has 1 saturated carbocycles. The van der Waals surface area contributed by atoms with Crippen LogP contribution < -0.4 is 42.2 Å². The zero-order chi connectivity index (χ0) is 52.7. The molecular formula is C53H76N10O9S. The van der Waals surface area contributed by atoms with Crippen LogP contribution >= 0.6 is 0 Å². The third kappa shape index (κ3) is 12.8. The number of aliphatic imine (C=N–C) groups is 1. The Kier molecular flexibility index (Phi) is 17.6. The molecule has 4 heterocycles. The maximum absolute atomic E-state index is 14.6. The van der Waals surface area contributed by atoms with Crippen molar-refractivity contribution in [3.05, 3.63) is 70.3 Å². The number of carbonyl (C=O) groups is 6. The number of hydrogen-bond donors (Lipinski definition) is 7. The average Bonchev–Trinajstić information content (AvgIpc) is 4.11. The van der Waals surface area contributed by atoms with Gasteiger partial charge in [-0.1, -0.05) is 42.5 Å². The van der Waals surface area contributed by atoms with E-state index in [9.17, 15) is 37.2 Å². The zero-order valence-electron chi connectivity index (χ0n) is 43.1. The van der Waals surface area contributed by atoms with Crippen molar-refractivity contribution in [1.82, 2.24) is 35.8 Å². The van der Waals surface area contributed by atoms with Gasteiger partial charge in [-0.15, -0.1) is 0 Å². The first-order valence-electron chi connectivity index (χ1n) is 26.1. The highest BCUT2D eigenvalue weighted by atomic mass is 32.2. The molecule has 9 N–H and O–H groups in total. The number of carbonyl (C=O) groups excluding carboxylic acids is 6. The van der Waals surface area contributed by atoms with Crippen LogP contribution in [-0.2, 0) is 51.6 Å². The van der Waals surface area contributed by atoms with E-state index in [1.54, 1.807) is 13.8 Å². The molecule has 1 aliphatic carbocycles. The Hall–Kier alpha value is -6.02. The standard InChI is InChI=1S/C53H76N10O9S/c1-33-34(2)44(35(3)37-32-52(4,5)72-43(33)37)73(70,71)61-51(55)57-28-15-22-39-48(67)62-29-16-23-41(62)46(65)56-27-14-9-7-6-8-13-21-38(54)45(64)58-40(31-36-19-11-10-12-20-36)49(68)63-30-17-24-42(63)47(66)60-53(25-18-26-53)50(69)59-39/h6-7,10-12,19-20,38-42H,8-9,13-18,21-32,54H2,1-5H3,(H,56,65)(H,58,64)(H,59,69)(H,60,66)(H3,55,57,61)/b7-6+/t38-,39-,40-,41-,42-/m0/s1. The van der Waals surface area contributed by atoms with Crippen molar-refractivity contribution in [1.29, 1.82) is 0 Å². The number of nitrogens with two attached hydrogens (primary N) is 2. The number of ether oxygens (including phenoxy) is 1. The monoisotopic (exact) mass is 1030 g/mol. The number of rotatable bonds is 8. The Morgan fingerprint density at radius 3 is 2.10 bits per heavy atom. The normalized spacial score (nSPS) is 26.1. The van der Waals surface area contributed by atoms with Crippen LogP contribution in [0.25, 0.3) is 0 Å². The number of amides is 6. The molecule has 0 aromatic heterocycles. The third-order valence-corrected chi connectivity index (χ3v) is 16.8. The van der Waals surface area contributed by atoms with E-state index in [4.69, 9.17) is 16.2 Å². The summed E-state index contributed by atoms with van der Waals surface area (Å²) >= 11 is 0. The Bertz CT molecular complexity index is 2580. The van der Waals surface area contributed by atoms with E-state index in [0.29, 0.717) is 101 Å². The molecule has 2 saturated heterocycles. The SMILES string of the molecule is Cc1c(C)c(S(=O)(=O)NC(N)=NCCC[C@@H]2NC(=O)C3(CCC3)NC(=O)[C@@H]3CCCN3C(=O)[C@H](Cc3ccccc3)NC(=O)[C@@H](N)CCC/C=C/CCCNC(=O)[C@@H]3CCCN3C2=O)c(C)c2c1OC(C)(C)C2. The lowest BCUT2D eigenvalue weighted by atomic mass is 9.75. The summed E-state index contributed by atoms with van der Waals surface area (Å²) in [6, 6.07) is 4.62. The number of nitrogens with zero attached hydrogens (tertiary/aromatic N) is 3. The molecule has 2 aromatic carbocycles. The molecule has 398 valence electrons. The van der Waals surface area contributed by atoms with E-state index in [-0.39, 0.29) is 62.0 Å². The van der Waals surface area contributed by atoms with Gasteiger partial charge in [-0.3, -0.25) is 33.8 Å². The first-order valence-corrected chi connectivity index (χ1v) is 27.6. The summed E-state index contributed by atoms with van der Waals surface area (Å²) < 4.78 is 36.4. The first-order chi connectivity index (χ1) is 34.7. The number of sulfonamides is 1. The maximum atomic E-state index is 14.6. The van der Waals surface area contributed by atoms with Gasteiger partial charge in [0.25, 0.3) is 10.0 Å². The average molecular weight is 1030 g/mol. The summed E-state index contributed by atoms with van der Waals surface area (Å²) in [5.41, 5.74) is 14.2. The molecule has 4 aliphatic heterocycles. The largest absolute Gasteiger partial charge is 0.487 e. The maximum Gasteiger partial charge on any atom is 0.264 e. The molecule has 5 aliphatic rings. The fourth-order valence-electron chi connectivity index (χ4n) is 10.9. The smallest absolute Gasteiger partial charge is 0.264 e. The van der Waals surface area contributed by atoms with Crippen LogP contribution in [0.5, 0.6) is 5.75 Å². The summed E-state index contributed by atoms with van der Waals surface area (Å²) in [5, 5.41) is 11.8. The number of benzene rings is 2. The molecule has 20 heteroatoms. The van der Waals surface area contributed by atoms with Gasteiger partial charge in [0.05, 0.1) is 10.9 Å². The minimum absolute atomic E-state index is 0.0132. The van der Waals surface area contributed by atoms with Crippen molar-refractivity contribution in [2.45, 2.75) is 184 Å². The van der Waals surface area contributed by atoms with Gasteiger partial charge in [0.2, 0.25) is 41.4 Å². The third-order valence-electron chi connectivity index (χ3n) is 15.2. The molecule has 6 amide bonds. The van der Waals surface area contributed by atoms with E-state index in [2.05, 4.69) is 31.0 Å². The van der Waals surface area contributed by atoms with Crippen LogP contribution in [0.4, 0.5) is 0 Å². The molecule has 1 spiro atoms. The van der Waals surface area contributed by atoms with Crippen molar-refractivity contribution in [2.75, 3.05) is 26.2 Å². The van der Waals surface area contributed by atoms with Gasteiger partial charge in [0, 0.05) is 44.6 Å². The van der Waals surface area contributed by atoms with Gasteiger partial charge in [-0.05, 0) is 147 Å². The summed E-state index contributed by atoms with van der Waals surface area (Å²) in [4.78, 5) is 92.6. The molecule has 2 aromatic rings. The highest BCUT2D eigenvalue weighted by Gasteiger charge is 2.50. The lowest BCUT2D eigenvalue weighted by Gasteiger charge is -2.43. The van der Waals surface area contributed by atoms with Gasteiger partial charge in [0.15, 0.2) is 0 Å². The Morgan fingerprint density at radius 1 is 0.795 bits per heavy atom. The zero-order valence-corrected chi connectivity index (χ0v) is 44.0. The first kappa shape index (κ1) is 54.7. The summed E-state index contributed by atoms with van der Waals surface area (Å²) in [7, 11) is -4.18. The number of allylic oxidation sites excluding steroid dienone is 2. The van der Waals surface area contributed by atoms with Crippen molar-refractivity contribution in [2.24, 2.45) is 16.5 Å². The van der Waals surface area contributed by atoms with Gasteiger partial charge in [-0.2, -0.15) is 0 Å². The van der Waals surface area contributed by atoms with E-state index >= 15 is 0 Å². The topological polar surface area (TPSA) is 277 Å². The van der Waals surface area contributed by atoms with Crippen LogP contribution in [0.15, 0.2) is 52.4 Å². The second kappa shape index (κ2) is 23.5. The minimum atomic E-state index is -4.18. The molecule has 0 radical (unpaired) electrons. The van der Waals surface area contributed by atoms with Crippen molar-refractivity contribution < 1.29 is 41.9 Å². The van der Waals surface area contributed by atoms with E-state index in [0.717, 1.165) is 16.7 Å². The van der Waals surface area contributed by atoms with Gasteiger partial charge in [0.1, 0.15) is 41.1 Å². The van der Waals surface area contributed by atoms with Gasteiger partial charge in [-0.25, -0.2) is 13.1 Å². The van der Waals surface area contributed by atoms with Crippen LogP contribution in [0.2, 0.25) is 0 Å². The summed E-state index contributed by atoms with van der Waals surface area (Å²) in [6.07, 6.45) is 11.2. The molecule has 5 atom stereocenters. The van der Waals surface area contributed by atoms with E-state index < -0.39 is 80.9 Å². The number of fused-ring (bicyclic) bond motifs is 3. The second-order valence-corrected chi connectivity index (χ2v) is 22.7. The number of guanidine groups is 1. The van der Waals surface area contributed by atoms with Crippen molar-refractivity contribution in [3.8, 4) is 5.75 Å². The van der Waals surface area contributed by atoms with Crippen molar-refractivity contribution in [3.63, 3.8) is 0 Å². The van der Waals surface area contributed by atoms with Crippen LogP contribution in [0.1, 0.15) is 132 Å². The van der Waals surface area contributed by atoms with Crippen molar-refractivity contribution >= 4 is 51.4 Å². The lowest BCUT2D eigenvalue weighted by molar-refractivity contribution is -0.146. The molecule has 0 unspecified atom stereocenters. The molecule has 0 bridgehead atoms. The Labute approximate surface area is 429 Å². The van der Waals surface area contributed by atoms with Crippen LogP contribution in [0.3, 0.4) is 0 Å². The highest BCUT2D eigenvalue weighted by Crippen LogP contribution is 2.44. The predicted octanol–water partition coefficient (Wildman–Crippen LogP) is 2.90. The quantitative estimate of drug-likeness (QED) is 0.0874. The van der Waals surface area contributed by atoms with Gasteiger partial charge >= 0.3 is 0 Å². The fourth-order valence-corrected chi connectivity index (χ4v) is 12.4. The fraction of sp³-hybridized carbons (Fsp3) is 0.604. The molecule has 3 fully saturated rings. The molecule has 73 heavy (non-hydrogen) atoms. The highest BCUT2D eigenvalue weighted by molar-refractivity contribution is 7.90. The van der Waals surface area contributed by atoms with E-state index in [1.807, 2.05) is 63.3 Å². The number of hydrogen-bond acceptors (Lipinski definition) is 11. The minimum Gasteiger partial charge on any atom is -0.487 e. The van der Waals surface area contributed by atoms with Crippen LogP contribution in [-0.4, -0.2) is 127 Å².